The second kappa shape index (κ2) is 4.93. The van der Waals surface area contributed by atoms with Gasteiger partial charge in [-0.2, -0.15) is 5.10 Å². The highest BCUT2D eigenvalue weighted by atomic mass is 16.2. The summed E-state index contributed by atoms with van der Waals surface area (Å²) in [7, 11) is 0. The molecule has 5 heteroatoms. The van der Waals surface area contributed by atoms with E-state index in [1.54, 1.807) is 0 Å². The zero-order valence-corrected chi connectivity index (χ0v) is 9.50. The molecule has 0 aliphatic heterocycles. The molecule has 1 aromatic rings. The van der Waals surface area contributed by atoms with Crippen LogP contribution in [0.5, 0.6) is 0 Å². The van der Waals surface area contributed by atoms with Gasteiger partial charge in [-0.3, -0.25) is 14.9 Å². The standard InChI is InChI=1S/C10H18N4O/c1-4-9-7(2)13-14(8(9)3)6-5-10(15)12-11/h4-6,11H2,1-3H3,(H,12,15). The van der Waals surface area contributed by atoms with E-state index in [1.165, 1.54) is 5.56 Å². The van der Waals surface area contributed by atoms with E-state index in [0.29, 0.717) is 13.0 Å². The molecule has 0 saturated heterocycles. The molecule has 0 bridgehead atoms. The van der Waals surface area contributed by atoms with Crippen LogP contribution >= 0.6 is 0 Å². The Kier molecular flexibility index (Phi) is 3.85. The minimum atomic E-state index is -0.166. The van der Waals surface area contributed by atoms with Gasteiger partial charge in [0, 0.05) is 12.1 Å². The summed E-state index contributed by atoms with van der Waals surface area (Å²) in [5.41, 5.74) is 5.56. The van der Waals surface area contributed by atoms with Crippen LogP contribution in [0.2, 0.25) is 0 Å². The number of hydrogen-bond donors (Lipinski definition) is 2. The first-order chi connectivity index (χ1) is 7.10. The lowest BCUT2D eigenvalue weighted by atomic mass is 10.1. The van der Waals surface area contributed by atoms with Gasteiger partial charge in [-0.1, -0.05) is 6.92 Å². The van der Waals surface area contributed by atoms with E-state index in [2.05, 4.69) is 17.4 Å². The van der Waals surface area contributed by atoms with Gasteiger partial charge in [0.05, 0.1) is 12.2 Å². The summed E-state index contributed by atoms with van der Waals surface area (Å²) in [5, 5.41) is 4.38. The SMILES string of the molecule is CCc1c(C)nn(CCC(=O)NN)c1C. The van der Waals surface area contributed by atoms with Crippen LogP contribution < -0.4 is 11.3 Å². The minimum Gasteiger partial charge on any atom is -0.294 e. The smallest absolute Gasteiger partial charge is 0.235 e. The van der Waals surface area contributed by atoms with Crippen molar-refractivity contribution in [1.82, 2.24) is 15.2 Å². The summed E-state index contributed by atoms with van der Waals surface area (Å²) in [5.74, 6) is 4.84. The molecule has 0 aromatic carbocycles. The number of carbonyl (C=O) groups is 1. The van der Waals surface area contributed by atoms with Crippen molar-refractivity contribution >= 4 is 5.91 Å². The number of nitrogens with one attached hydrogen (secondary N) is 1. The normalized spacial score (nSPS) is 10.4. The zero-order chi connectivity index (χ0) is 11.4. The van der Waals surface area contributed by atoms with Crippen LogP contribution in [-0.2, 0) is 17.8 Å². The summed E-state index contributed by atoms with van der Waals surface area (Å²) >= 11 is 0. The molecule has 84 valence electrons. The number of nitrogens with zero attached hydrogens (tertiary/aromatic N) is 2. The monoisotopic (exact) mass is 210 g/mol. The maximum absolute atomic E-state index is 11.0. The maximum atomic E-state index is 11.0. The van der Waals surface area contributed by atoms with E-state index in [1.807, 2.05) is 18.5 Å². The second-order valence-corrected chi connectivity index (χ2v) is 3.54. The first kappa shape index (κ1) is 11.7. The summed E-state index contributed by atoms with van der Waals surface area (Å²) in [4.78, 5) is 11.0. The highest BCUT2D eigenvalue weighted by Crippen LogP contribution is 2.13. The van der Waals surface area contributed by atoms with E-state index in [0.717, 1.165) is 17.8 Å². The average Bonchev–Trinajstić information content (AvgIpc) is 2.50. The summed E-state index contributed by atoms with van der Waals surface area (Å²) in [6.45, 7) is 6.70. The Hall–Kier alpha value is -1.36. The second-order valence-electron chi connectivity index (χ2n) is 3.54. The van der Waals surface area contributed by atoms with Crippen LogP contribution in [0.25, 0.3) is 0 Å². The van der Waals surface area contributed by atoms with Crippen LogP contribution in [0.4, 0.5) is 0 Å². The Bertz CT molecular complexity index is 357. The van der Waals surface area contributed by atoms with Crippen molar-refractivity contribution < 1.29 is 4.79 Å². The fourth-order valence-electron chi connectivity index (χ4n) is 1.74. The van der Waals surface area contributed by atoms with Crippen LogP contribution in [0.3, 0.4) is 0 Å². The van der Waals surface area contributed by atoms with Gasteiger partial charge >= 0.3 is 0 Å². The van der Waals surface area contributed by atoms with Gasteiger partial charge < -0.3 is 0 Å². The highest BCUT2D eigenvalue weighted by molar-refractivity contribution is 5.75. The molecule has 0 spiro atoms. The topological polar surface area (TPSA) is 72.9 Å². The van der Waals surface area contributed by atoms with Gasteiger partial charge in [-0.25, -0.2) is 5.84 Å². The van der Waals surface area contributed by atoms with Gasteiger partial charge in [0.1, 0.15) is 0 Å². The third kappa shape index (κ3) is 2.56. The molecule has 3 N–H and O–H groups in total. The number of hydrogen-bond acceptors (Lipinski definition) is 3. The Morgan fingerprint density at radius 2 is 2.20 bits per heavy atom. The van der Waals surface area contributed by atoms with Crippen molar-refractivity contribution in [3.63, 3.8) is 0 Å². The van der Waals surface area contributed by atoms with E-state index < -0.39 is 0 Å². The summed E-state index contributed by atoms with van der Waals surface area (Å²) < 4.78 is 1.86. The van der Waals surface area contributed by atoms with Gasteiger partial charge in [0.2, 0.25) is 5.91 Å². The molecule has 1 rings (SSSR count). The quantitative estimate of drug-likeness (QED) is 0.430. The maximum Gasteiger partial charge on any atom is 0.235 e. The molecule has 5 nitrogen and oxygen atoms in total. The predicted octanol–water partition coefficient (Wildman–Crippen LogP) is 0.442. The Balaban J connectivity index is 2.74. The molecule has 1 amide bonds. The van der Waals surface area contributed by atoms with Crippen LogP contribution in [0, 0.1) is 13.8 Å². The average molecular weight is 210 g/mol. The van der Waals surface area contributed by atoms with Gasteiger partial charge in [0.15, 0.2) is 0 Å². The van der Waals surface area contributed by atoms with Gasteiger partial charge in [0.25, 0.3) is 0 Å². The van der Waals surface area contributed by atoms with Crippen molar-refractivity contribution in [2.45, 2.75) is 40.2 Å². The lowest BCUT2D eigenvalue weighted by Gasteiger charge is -2.03. The van der Waals surface area contributed by atoms with Crippen molar-refractivity contribution in [2.24, 2.45) is 5.84 Å². The van der Waals surface area contributed by atoms with Crippen LogP contribution in [-0.4, -0.2) is 15.7 Å². The van der Waals surface area contributed by atoms with E-state index >= 15 is 0 Å². The molecule has 0 saturated carbocycles. The molecule has 0 fully saturated rings. The van der Waals surface area contributed by atoms with Crippen molar-refractivity contribution in [2.75, 3.05) is 0 Å². The highest BCUT2D eigenvalue weighted by Gasteiger charge is 2.10. The number of aryl methyl sites for hydroxylation is 2. The van der Waals surface area contributed by atoms with Gasteiger partial charge in [-0.15, -0.1) is 0 Å². The third-order valence-electron chi connectivity index (χ3n) is 2.60. The molecular weight excluding hydrogens is 192 g/mol. The lowest BCUT2D eigenvalue weighted by Crippen LogP contribution is -2.30. The fraction of sp³-hybridized carbons (Fsp3) is 0.600. The minimum absolute atomic E-state index is 0.166. The molecule has 1 aromatic heterocycles. The molecule has 15 heavy (non-hydrogen) atoms. The number of rotatable bonds is 4. The lowest BCUT2D eigenvalue weighted by molar-refractivity contribution is -0.121. The molecule has 0 unspecified atom stereocenters. The number of amides is 1. The predicted molar refractivity (Wildman–Crippen MR) is 58.0 cm³/mol. The number of nitrogens with two attached hydrogens (primary N) is 1. The molecular formula is C10H18N4O. The number of carbonyl (C=O) groups excluding carboxylic acids is 1. The van der Waals surface area contributed by atoms with Crippen molar-refractivity contribution in [3.8, 4) is 0 Å². The van der Waals surface area contributed by atoms with Crippen molar-refractivity contribution in [1.29, 1.82) is 0 Å². The van der Waals surface area contributed by atoms with E-state index in [-0.39, 0.29) is 5.91 Å². The Morgan fingerprint density at radius 1 is 1.53 bits per heavy atom. The van der Waals surface area contributed by atoms with E-state index in [9.17, 15) is 4.79 Å². The molecule has 0 aliphatic rings. The molecule has 0 radical (unpaired) electrons. The number of hydrazine groups is 1. The first-order valence-electron chi connectivity index (χ1n) is 5.12. The van der Waals surface area contributed by atoms with Crippen LogP contribution in [0.1, 0.15) is 30.3 Å². The van der Waals surface area contributed by atoms with Gasteiger partial charge in [-0.05, 0) is 25.8 Å². The van der Waals surface area contributed by atoms with Crippen molar-refractivity contribution in [3.05, 3.63) is 17.0 Å². The largest absolute Gasteiger partial charge is 0.294 e. The molecule has 0 aliphatic carbocycles. The zero-order valence-electron chi connectivity index (χ0n) is 9.50. The fourth-order valence-corrected chi connectivity index (χ4v) is 1.74. The van der Waals surface area contributed by atoms with Crippen LogP contribution in [0.15, 0.2) is 0 Å². The summed E-state index contributed by atoms with van der Waals surface area (Å²) in [6.07, 6.45) is 1.34. The first-order valence-corrected chi connectivity index (χ1v) is 5.12. The molecule has 0 atom stereocenters. The molecule has 1 heterocycles. The summed E-state index contributed by atoms with van der Waals surface area (Å²) in [6, 6.07) is 0. The Labute approximate surface area is 89.6 Å². The Morgan fingerprint density at radius 3 is 2.67 bits per heavy atom. The third-order valence-corrected chi connectivity index (χ3v) is 2.60. The number of aromatic nitrogens is 2. The van der Waals surface area contributed by atoms with E-state index in [4.69, 9.17) is 5.84 Å².